The molecular weight excluding hydrogens is 478 g/mol. The molecule has 10 heteroatoms. The number of alkyl halides is 1. The predicted octanol–water partition coefficient (Wildman–Crippen LogP) is 4.37. The first kappa shape index (κ1) is 29.1. The molecule has 0 fully saturated rings. The summed E-state index contributed by atoms with van der Waals surface area (Å²) in [6.07, 6.45) is 0. The first-order chi connectivity index (χ1) is 11.1. The van der Waals surface area contributed by atoms with Crippen molar-refractivity contribution in [3.63, 3.8) is 0 Å². The summed E-state index contributed by atoms with van der Waals surface area (Å²) >= 11 is 9.80. The third-order valence-corrected chi connectivity index (χ3v) is 4.90. The van der Waals surface area contributed by atoms with Crippen molar-refractivity contribution in [3.05, 3.63) is 42.7 Å². The predicted molar refractivity (Wildman–Crippen MR) is 118 cm³/mol. The van der Waals surface area contributed by atoms with Crippen LogP contribution in [0.15, 0.2) is 26.0 Å². The Kier molecular flexibility index (Phi) is 23.8. The van der Waals surface area contributed by atoms with Crippen molar-refractivity contribution in [2.45, 2.75) is 34.4 Å². The molecule has 2 rings (SSSR count). The van der Waals surface area contributed by atoms with Crippen molar-refractivity contribution in [1.82, 2.24) is 0 Å². The first-order valence-corrected chi connectivity index (χ1v) is 11.1. The van der Waals surface area contributed by atoms with E-state index in [9.17, 15) is 0 Å². The Morgan fingerprint density at radius 1 is 0.708 bits per heavy atom. The van der Waals surface area contributed by atoms with E-state index in [1.54, 1.807) is 22.7 Å². The zero-order valence-corrected chi connectivity index (χ0v) is 19.6. The van der Waals surface area contributed by atoms with Crippen LogP contribution in [-0.4, -0.2) is 40.2 Å². The van der Waals surface area contributed by atoms with Crippen LogP contribution >= 0.6 is 54.5 Å². The summed E-state index contributed by atoms with van der Waals surface area (Å²) in [6.45, 7) is 8.90. The second-order valence-electron chi connectivity index (χ2n) is 4.40. The van der Waals surface area contributed by atoms with E-state index in [0.29, 0.717) is 0 Å². The van der Waals surface area contributed by atoms with Gasteiger partial charge in [-0.1, -0.05) is 15.9 Å². The van der Waals surface area contributed by atoms with Crippen LogP contribution < -0.4 is 0 Å². The molecule has 0 aliphatic rings. The minimum atomic E-state index is -1.17. The van der Waals surface area contributed by atoms with Gasteiger partial charge in [0, 0.05) is 9.85 Å². The molecule has 2 aromatic rings. The summed E-state index contributed by atoms with van der Waals surface area (Å²) in [4.78, 5) is 0. The quantitative estimate of drug-likeness (QED) is 0.318. The van der Waals surface area contributed by atoms with Crippen LogP contribution in [0.4, 0.5) is 0 Å². The summed E-state index contributed by atoms with van der Waals surface area (Å²) in [5.74, 6) is 1.81. The van der Waals surface area contributed by atoms with E-state index in [-0.39, 0.29) is 0 Å². The van der Waals surface area contributed by atoms with E-state index in [1.165, 1.54) is 34.8 Å². The monoisotopic (exact) mass is 502 g/mol. The van der Waals surface area contributed by atoms with Crippen molar-refractivity contribution in [1.29, 1.82) is 0 Å². The van der Waals surface area contributed by atoms with Gasteiger partial charge in [-0.25, -0.2) is 0 Å². The smallest absolute Gasteiger partial charge is 0.427 e. The van der Waals surface area contributed by atoms with Crippen LogP contribution in [-0.2, 0) is 0 Å². The molecule has 0 amide bonds. The molecule has 0 spiro atoms. The summed E-state index contributed by atoms with van der Waals surface area (Å²) in [5.41, 5.74) is 4.14. The molecule has 0 aromatic carbocycles. The second-order valence-corrected chi connectivity index (χ2v) is 6.75. The Morgan fingerprint density at radius 2 is 0.958 bits per heavy atom. The van der Waals surface area contributed by atoms with Gasteiger partial charge in [0.15, 0.2) is 0 Å². The lowest BCUT2D eigenvalue weighted by Crippen LogP contribution is -2.00. The number of aryl methyl sites for hydroxylation is 3. The van der Waals surface area contributed by atoms with E-state index >= 15 is 0 Å². The molecule has 0 saturated carbocycles. The molecule has 2 aromatic heterocycles. The maximum atomic E-state index is 7.61. The molecule has 0 radical (unpaired) electrons. The number of thiophene rings is 2. The van der Waals surface area contributed by atoms with Gasteiger partial charge < -0.3 is 20.1 Å². The van der Waals surface area contributed by atoms with E-state index in [1.807, 2.05) is 5.83 Å². The Hall–Kier alpha value is 0.330. The van der Waals surface area contributed by atoms with Gasteiger partial charge in [-0.2, -0.15) is 22.7 Å². The minimum Gasteiger partial charge on any atom is -0.427 e. The molecule has 0 unspecified atom stereocenters. The maximum absolute atomic E-state index is 7.61. The molecule has 2 heterocycles. The molecule has 138 valence electrons. The Labute approximate surface area is 171 Å². The molecule has 0 bridgehead atoms. The molecule has 4 N–H and O–H groups in total. The highest BCUT2D eigenvalue weighted by Crippen LogP contribution is 2.19. The first-order valence-electron chi connectivity index (χ1n) is 6.85. The summed E-state index contributed by atoms with van der Waals surface area (Å²) in [6, 6.07) is 0. The van der Waals surface area contributed by atoms with Crippen LogP contribution in [0.25, 0.3) is 0 Å². The van der Waals surface area contributed by atoms with Gasteiger partial charge in [-0.05, 0) is 89.0 Å². The lowest BCUT2D eigenvalue weighted by Gasteiger charge is -1.79. The molecular formula is C14H26B2Br2O4S2. The van der Waals surface area contributed by atoms with E-state index < -0.39 is 14.2 Å². The maximum Gasteiger partial charge on any atom is 0.448 e. The van der Waals surface area contributed by atoms with Gasteiger partial charge in [-0.3, -0.25) is 0 Å². The normalized spacial score (nSPS) is 8.00. The highest BCUT2D eigenvalue weighted by molar-refractivity contribution is 9.10. The summed E-state index contributed by atoms with van der Waals surface area (Å²) in [5, 5.41) is 39.0. The van der Waals surface area contributed by atoms with Crippen LogP contribution in [0.5, 0.6) is 0 Å². The van der Waals surface area contributed by atoms with E-state index in [2.05, 4.69) is 74.2 Å². The summed E-state index contributed by atoms with van der Waals surface area (Å²) in [7, 11) is -2.33. The van der Waals surface area contributed by atoms with Crippen LogP contribution in [0.2, 0.25) is 13.6 Å². The minimum absolute atomic E-state index is 1.17. The standard InChI is InChI=1S/C6H8S.C5H5BrS.2CH5BO2.CH3Br/c1-5-3-7-4-6(5)2;1-4-2-7-3-5(4)6;2*1-2(3)4;1-2/h3-4H,1-2H3;2-3H,1H3;2*3-4H,1H3;1H3. The average Bonchev–Trinajstić information content (AvgIpc) is 3.01. The number of halogens is 2. The van der Waals surface area contributed by atoms with Gasteiger partial charge in [0.25, 0.3) is 0 Å². The SMILES string of the molecule is CB(O)O.CB(O)O.CBr.Cc1cscc1Br.Cc1cscc1C. The lowest BCUT2D eigenvalue weighted by molar-refractivity contribution is 0.415. The fraction of sp³-hybridized carbons (Fsp3) is 0.429. The molecule has 0 aliphatic carbocycles. The van der Waals surface area contributed by atoms with Gasteiger partial charge in [0.05, 0.1) is 0 Å². The molecule has 4 nitrogen and oxygen atoms in total. The van der Waals surface area contributed by atoms with Crippen molar-refractivity contribution in [2.24, 2.45) is 0 Å². The van der Waals surface area contributed by atoms with Crippen LogP contribution in [0.3, 0.4) is 0 Å². The topological polar surface area (TPSA) is 80.9 Å². The average molecular weight is 504 g/mol. The third kappa shape index (κ3) is 24.6. The Bertz CT molecular complexity index is 412. The number of hydrogen-bond acceptors (Lipinski definition) is 6. The van der Waals surface area contributed by atoms with Gasteiger partial charge in [0.2, 0.25) is 0 Å². The molecule has 24 heavy (non-hydrogen) atoms. The molecule has 0 aliphatic heterocycles. The molecule has 0 atom stereocenters. The van der Waals surface area contributed by atoms with Crippen LogP contribution in [0, 0.1) is 20.8 Å². The lowest BCUT2D eigenvalue weighted by atomic mass is 9.99. The second kappa shape index (κ2) is 19.7. The van der Waals surface area contributed by atoms with Gasteiger partial charge in [-0.15, -0.1) is 0 Å². The van der Waals surface area contributed by atoms with E-state index in [0.717, 1.165) is 0 Å². The Morgan fingerprint density at radius 3 is 1.04 bits per heavy atom. The molecule has 0 saturated heterocycles. The van der Waals surface area contributed by atoms with E-state index in [4.69, 9.17) is 20.1 Å². The van der Waals surface area contributed by atoms with Crippen molar-refractivity contribution in [3.8, 4) is 0 Å². The van der Waals surface area contributed by atoms with Crippen molar-refractivity contribution < 1.29 is 20.1 Å². The number of rotatable bonds is 0. The van der Waals surface area contributed by atoms with Gasteiger partial charge >= 0.3 is 14.2 Å². The Balaban J connectivity index is -0.000000245. The van der Waals surface area contributed by atoms with Crippen LogP contribution in [0.1, 0.15) is 16.7 Å². The largest absolute Gasteiger partial charge is 0.448 e. The zero-order valence-electron chi connectivity index (χ0n) is 14.8. The highest BCUT2D eigenvalue weighted by atomic mass is 79.9. The highest BCUT2D eigenvalue weighted by Gasteiger charge is 1.89. The third-order valence-electron chi connectivity index (χ3n) is 1.90. The van der Waals surface area contributed by atoms with Crippen molar-refractivity contribution in [2.75, 3.05) is 5.83 Å². The number of hydrogen-bond donors (Lipinski definition) is 4. The zero-order chi connectivity index (χ0) is 19.7. The van der Waals surface area contributed by atoms with Crippen molar-refractivity contribution >= 4 is 68.8 Å². The van der Waals surface area contributed by atoms with Gasteiger partial charge in [0.1, 0.15) is 0 Å². The summed E-state index contributed by atoms with van der Waals surface area (Å²) < 4.78 is 1.22. The fourth-order valence-corrected chi connectivity index (χ4v) is 2.91. The fourth-order valence-electron chi connectivity index (χ4n) is 0.769.